The summed E-state index contributed by atoms with van der Waals surface area (Å²) >= 11 is 0. The maximum atomic E-state index is 5.51. The third kappa shape index (κ3) is 3.93. The third-order valence-electron chi connectivity index (χ3n) is 3.29. The summed E-state index contributed by atoms with van der Waals surface area (Å²) in [6, 6.07) is 8.95. The minimum Gasteiger partial charge on any atom is -0.448 e. The lowest BCUT2D eigenvalue weighted by atomic mass is 10.0. The fourth-order valence-corrected chi connectivity index (χ4v) is 2.08. The van der Waals surface area contributed by atoms with Crippen LogP contribution in [-0.2, 0) is 19.4 Å². The zero-order valence-corrected chi connectivity index (χ0v) is 11.9. The third-order valence-corrected chi connectivity index (χ3v) is 3.29. The van der Waals surface area contributed by atoms with Crippen molar-refractivity contribution >= 4 is 0 Å². The summed E-state index contributed by atoms with van der Waals surface area (Å²) in [5, 5.41) is 3.38. The fourth-order valence-electron chi connectivity index (χ4n) is 2.08. The molecule has 0 saturated carbocycles. The first kappa shape index (κ1) is 13.8. The molecule has 1 heterocycles. The van der Waals surface area contributed by atoms with Gasteiger partial charge in [0.05, 0.1) is 5.69 Å². The van der Waals surface area contributed by atoms with Crippen LogP contribution in [0.5, 0.6) is 0 Å². The highest BCUT2D eigenvalue weighted by molar-refractivity contribution is 5.26. The summed E-state index contributed by atoms with van der Waals surface area (Å²) in [7, 11) is 0. The van der Waals surface area contributed by atoms with E-state index in [-0.39, 0.29) is 0 Å². The lowest BCUT2D eigenvalue weighted by molar-refractivity contribution is 0.494. The van der Waals surface area contributed by atoms with E-state index in [1.54, 1.807) is 6.39 Å². The van der Waals surface area contributed by atoms with Crippen molar-refractivity contribution < 1.29 is 4.42 Å². The number of benzene rings is 1. The first-order valence-corrected chi connectivity index (χ1v) is 6.86. The van der Waals surface area contributed by atoms with E-state index in [0.717, 1.165) is 30.8 Å². The van der Waals surface area contributed by atoms with Crippen LogP contribution < -0.4 is 5.32 Å². The van der Waals surface area contributed by atoms with E-state index in [4.69, 9.17) is 4.42 Å². The molecule has 2 rings (SSSR count). The zero-order chi connectivity index (χ0) is 13.7. The quantitative estimate of drug-likeness (QED) is 0.864. The SMILES string of the molecule is Cc1ccccc1CCc1ocnc1CNC(C)C. The standard InChI is InChI=1S/C16H22N2O/c1-12(2)17-10-15-16(19-11-18-15)9-8-14-7-5-4-6-13(14)3/h4-7,11-12,17H,8-10H2,1-3H3. The molecule has 0 aliphatic carbocycles. The molecule has 0 atom stereocenters. The van der Waals surface area contributed by atoms with Gasteiger partial charge in [0.1, 0.15) is 5.76 Å². The van der Waals surface area contributed by atoms with E-state index in [1.807, 2.05) is 0 Å². The second-order valence-corrected chi connectivity index (χ2v) is 5.18. The van der Waals surface area contributed by atoms with Gasteiger partial charge in [-0.2, -0.15) is 0 Å². The van der Waals surface area contributed by atoms with Crippen LogP contribution in [0, 0.1) is 6.92 Å². The predicted molar refractivity (Wildman–Crippen MR) is 77.1 cm³/mol. The largest absolute Gasteiger partial charge is 0.448 e. The highest BCUT2D eigenvalue weighted by Crippen LogP contribution is 2.14. The molecule has 0 bridgehead atoms. The van der Waals surface area contributed by atoms with Crippen LogP contribution in [0.2, 0.25) is 0 Å². The van der Waals surface area contributed by atoms with E-state index in [2.05, 4.69) is 55.3 Å². The van der Waals surface area contributed by atoms with Crippen molar-refractivity contribution in [2.24, 2.45) is 0 Å². The molecule has 0 fully saturated rings. The van der Waals surface area contributed by atoms with Gasteiger partial charge in [-0.3, -0.25) is 0 Å². The molecule has 19 heavy (non-hydrogen) atoms. The Morgan fingerprint density at radius 2 is 2.00 bits per heavy atom. The van der Waals surface area contributed by atoms with Crippen molar-refractivity contribution in [2.75, 3.05) is 0 Å². The van der Waals surface area contributed by atoms with E-state index >= 15 is 0 Å². The highest BCUT2D eigenvalue weighted by Gasteiger charge is 2.09. The number of hydrogen-bond acceptors (Lipinski definition) is 3. The molecular weight excluding hydrogens is 236 g/mol. The lowest BCUT2D eigenvalue weighted by Gasteiger charge is -2.07. The second kappa shape index (κ2) is 6.53. The summed E-state index contributed by atoms with van der Waals surface area (Å²) in [4.78, 5) is 4.29. The van der Waals surface area contributed by atoms with Crippen LogP contribution >= 0.6 is 0 Å². The van der Waals surface area contributed by atoms with Crippen LogP contribution in [0.3, 0.4) is 0 Å². The summed E-state index contributed by atoms with van der Waals surface area (Å²) in [6.45, 7) is 7.19. The van der Waals surface area contributed by atoms with Gasteiger partial charge in [0.2, 0.25) is 0 Å². The monoisotopic (exact) mass is 258 g/mol. The smallest absolute Gasteiger partial charge is 0.181 e. The summed E-state index contributed by atoms with van der Waals surface area (Å²) < 4.78 is 5.51. The van der Waals surface area contributed by atoms with Crippen molar-refractivity contribution in [3.05, 3.63) is 53.2 Å². The number of oxazole rings is 1. The molecule has 0 unspecified atom stereocenters. The molecule has 0 aliphatic heterocycles. The number of aromatic nitrogens is 1. The Kier molecular flexibility index (Phi) is 4.74. The van der Waals surface area contributed by atoms with E-state index in [1.165, 1.54) is 11.1 Å². The number of rotatable bonds is 6. The summed E-state index contributed by atoms with van der Waals surface area (Å²) in [5.74, 6) is 0.997. The summed E-state index contributed by atoms with van der Waals surface area (Å²) in [6.07, 6.45) is 3.45. The molecule has 0 spiro atoms. The minimum absolute atomic E-state index is 0.459. The van der Waals surface area contributed by atoms with Gasteiger partial charge in [-0.25, -0.2) is 4.98 Å². The van der Waals surface area contributed by atoms with Gasteiger partial charge < -0.3 is 9.73 Å². The predicted octanol–water partition coefficient (Wildman–Crippen LogP) is 3.27. The topological polar surface area (TPSA) is 38.1 Å². The molecule has 102 valence electrons. The molecule has 1 aromatic carbocycles. The van der Waals surface area contributed by atoms with Crippen molar-refractivity contribution in [1.82, 2.24) is 10.3 Å². The van der Waals surface area contributed by atoms with Gasteiger partial charge in [0.15, 0.2) is 6.39 Å². The van der Waals surface area contributed by atoms with E-state index in [0.29, 0.717) is 6.04 Å². The average Bonchev–Trinajstić information content (AvgIpc) is 2.83. The lowest BCUT2D eigenvalue weighted by Crippen LogP contribution is -2.22. The Balaban J connectivity index is 1.96. The number of hydrogen-bond donors (Lipinski definition) is 1. The molecule has 3 nitrogen and oxygen atoms in total. The van der Waals surface area contributed by atoms with Crippen LogP contribution in [0.15, 0.2) is 35.1 Å². The van der Waals surface area contributed by atoms with Crippen LogP contribution in [-0.4, -0.2) is 11.0 Å². The maximum Gasteiger partial charge on any atom is 0.181 e. The molecule has 0 aliphatic rings. The van der Waals surface area contributed by atoms with Crippen LogP contribution in [0.4, 0.5) is 0 Å². The molecule has 0 amide bonds. The Labute approximate surface area is 115 Å². The van der Waals surface area contributed by atoms with Gasteiger partial charge >= 0.3 is 0 Å². The fraction of sp³-hybridized carbons (Fsp3) is 0.438. The first-order chi connectivity index (χ1) is 9.16. The normalized spacial score (nSPS) is 11.2. The molecule has 1 N–H and O–H groups in total. The van der Waals surface area contributed by atoms with Gasteiger partial charge in [0, 0.05) is 19.0 Å². The Bertz CT molecular complexity index is 517. The number of nitrogens with zero attached hydrogens (tertiary/aromatic N) is 1. The summed E-state index contributed by atoms with van der Waals surface area (Å²) in [5.41, 5.74) is 3.74. The van der Waals surface area contributed by atoms with Crippen molar-refractivity contribution in [3.63, 3.8) is 0 Å². The number of aryl methyl sites for hydroxylation is 3. The van der Waals surface area contributed by atoms with Gasteiger partial charge in [-0.05, 0) is 24.5 Å². The molecule has 3 heteroatoms. The first-order valence-electron chi connectivity index (χ1n) is 6.86. The molecule has 1 aromatic heterocycles. The minimum atomic E-state index is 0.459. The number of nitrogens with one attached hydrogen (secondary N) is 1. The van der Waals surface area contributed by atoms with E-state index < -0.39 is 0 Å². The molecule has 0 radical (unpaired) electrons. The average molecular weight is 258 g/mol. The Morgan fingerprint density at radius 3 is 2.74 bits per heavy atom. The molecular formula is C16H22N2O. The highest BCUT2D eigenvalue weighted by atomic mass is 16.3. The maximum absolute atomic E-state index is 5.51. The Morgan fingerprint density at radius 1 is 1.21 bits per heavy atom. The van der Waals surface area contributed by atoms with Crippen molar-refractivity contribution in [1.29, 1.82) is 0 Å². The van der Waals surface area contributed by atoms with Crippen molar-refractivity contribution in [3.8, 4) is 0 Å². The molecule has 2 aromatic rings. The molecule has 0 saturated heterocycles. The zero-order valence-electron chi connectivity index (χ0n) is 11.9. The van der Waals surface area contributed by atoms with Crippen LogP contribution in [0.1, 0.15) is 36.4 Å². The van der Waals surface area contributed by atoms with Gasteiger partial charge in [-0.15, -0.1) is 0 Å². The van der Waals surface area contributed by atoms with Crippen LogP contribution in [0.25, 0.3) is 0 Å². The van der Waals surface area contributed by atoms with E-state index in [9.17, 15) is 0 Å². The second-order valence-electron chi connectivity index (χ2n) is 5.18. The van der Waals surface area contributed by atoms with Gasteiger partial charge in [-0.1, -0.05) is 38.1 Å². The van der Waals surface area contributed by atoms with Crippen molar-refractivity contribution in [2.45, 2.75) is 46.2 Å². The van der Waals surface area contributed by atoms with Gasteiger partial charge in [0.25, 0.3) is 0 Å². The Hall–Kier alpha value is -1.61.